The van der Waals surface area contributed by atoms with Crippen LogP contribution >= 0.6 is 27.3 Å². The molecule has 1 aromatic rings. The molecule has 1 aliphatic heterocycles. The third kappa shape index (κ3) is 2.60. The smallest absolute Gasteiger partial charge is 0.320 e. The van der Waals surface area contributed by atoms with E-state index in [9.17, 15) is 9.90 Å². The first-order valence-electron chi connectivity index (χ1n) is 6.87. The molecule has 1 saturated heterocycles. The van der Waals surface area contributed by atoms with Crippen LogP contribution < -0.4 is 0 Å². The molecular formula is C14H18BrNO2S. The molecule has 3 nitrogen and oxygen atoms in total. The molecule has 104 valence electrons. The molecule has 2 aliphatic rings. The van der Waals surface area contributed by atoms with Crippen molar-refractivity contribution in [2.45, 2.75) is 50.7 Å². The monoisotopic (exact) mass is 343 g/mol. The van der Waals surface area contributed by atoms with Crippen LogP contribution in [0.25, 0.3) is 0 Å². The maximum atomic E-state index is 11.5. The largest absolute Gasteiger partial charge is 0.480 e. The van der Waals surface area contributed by atoms with Crippen LogP contribution in [0.5, 0.6) is 0 Å². The number of rotatable bonds is 3. The normalized spacial score (nSPS) is 31.3. The lowest BCUT2D eigenvalue weighted by Crippen LogP contribution is -2.41. The number of carboxylic acid groups (broad SMARTS) is 1. The molecule has 1 aromatic heterocycles. The van der Waals surface area contributed by atoms with Gasteiger partial charge in [0.1, 0.15) is 6.04 Å². The van der Waals surface area contributed by atoms with E-state index in [-0.39, 0.29) is 6.04 Å². The molecule has 0 radical (unpaired) electrons. The van der Waals surface area contributed by atoms with E-state index in [1.165, 1.54) is 24.1 Å². The Kier molecular flexibility index (Phi) is 3.96. The minimum Gasteiger partial charge on any atom is -0.480 e. The number of fused-ring (bicyclic) bond motifs is 1. The molecule has 1 aliphatic carbocycles. The lowest BCUT2D eigenvalue weighted by atomic mass is 9.85. The van der Waals surface area contributed by atoms with Gasteiger partial charge < -0.3 is 5.11 Å². The van der Waals surface area contributed by atoms with E-state index in [1.807, 2.05) is 6.07 Å². The number of hydrogen-bond acceptors (Lipinski definition) is 3. The van der Waals surface area contributed by atoms with Gasteiger partial charge >= 0.3 is 5.97 Å². The van der Waals surface area contributed by atoms with Crippen LogP contribution in [0.1, 0.15) is 37.0 Å². The van der Waals surface area contributed by atoms with Gasteiger partial charge in [0.25, 0.3) is 0 Å². The zero-order valence-corrected chi connectivity index (χ0v) is 13.1. The van der Waals surface area contributed by atoms with Gasteiger partial charge in [-0.25, -0.2) is 0 Å². The zero-order chi connectivity index (χ0) is 13.4. The van der Waals surface area contributed by atoms with E-state index in [0.717, 1.165) is 23.9 Å². The SMILES string of the molecule is O=C(O)[C@@H]1C[C@@H]2CCCC[C@@H]2N1Cc1sccc1Br. The fraction of sp³-hybridized carbons (Fsp3) is 0.643. The summed E-state index contributed by atoms with van der Waals surface area (Å²) < 4.78 is 1.11. The topological polar surface area (TPSA) is 40.5 Å². The predicted molar refractivity (Wildman–Crippen MR) is 79.3 cm³/mol. The summed E-state index contributed by atoms with van der Waals surface area (Å²) in [6.07, 6.45) is 5.72. The van der Waals surface area contributed by atoms with Gasteiger partial charge in [-0.2, -0.15) is 0 Å². The van der Waals surface area contributed by atoms with Gasteiger partial charge in [0.15, 0.2) is 0 Å². The Labute approximate surface area is 125 Å². The Morgan fingerprint density at radius 1 is 1.47 bits per heavy atom. The second-order valence-electron chi connectivity index (χ2n) is 5.57. The number of nitrogens with zero attached hydrogens (tertiary/aromatic N) is 1. The minimum absolute atomic E-state index is 0.290. The molecule has 3 rings (SSSR count). The summed E-state index contributed by atoms with van der Waals surface area (Å²) in [6.45, 7) is 0.774. The van der Waals surface area contributed by atoms with Gasteiger partial charge in [0.05, 0.1) is 0 Å². The molecular weight excluding hydrogens is 326 g/mol. The Bertz CT molecular complexity index is 476. The molecule has 1 N–H and O–H groups in total. The van der Waals surface area contributed by atoms with Crippen molar-refractivity contribution in [3.63, 3.8) is 0 Å². The second kappa shape index (κ2) is 5.54. The lowest BCUT2D eigenvalue weighted by Gasteiger charge is -2.32. The third-order valence-electron chi connectivity index (χ3n) is 4.52. The summed E-state index contributed by atoms with van der Waals surface area (Å²) in [5.74, 6) is -0.0596. The first-order chi connectivity index (χ1) is 9.16. The molecule has 19 heavy (non-hydrogen) atoms. The highest BCUT2D eigenvalue weighted by Gasteiger charge is 2.45. The molecule has 0 unspecified atom stereocenters. The third-order valence-corrected chi connectivity index (χ3v) is 6.43. The molecule has 0 spiro atoms. The molecule has 3 atom stereocenters. The van der Waals surface area contributed by atoms with Crippen molar-refractivity contribution in [3.05, 3.63) is 20.8 Å². The van der Waals surface area contributed by atoms with Crippen LogP contribution in [-0.4, -0.2) is 28.1 Å². The van der Waals surface area contributed by atoms with Crippen molar-refractivity contribution in [1.29, 1.82) is 0 Å². The highest BCUT2D eigenvalue weighted by Crippen LogP contribution is 2.41. The lowest BCUT2D eigenvalue weighted by molar-refractivity contribution is -0.142. The van der Waals surface area contributed by atoms with E-state index in [2.05, 4.69) is 26.2 Å². The van der Waals surface area contributed by atoms with Crippen LogP contribution in [0.2, 0.25) is 0 Å². The summed E-state index contributed by atoms with van der Waals surface area (Å²) in [5, 5.41) is 11.5. The van der Waals surface area contributed by atoms with Crippen LogP contribution in [0.4, 0.5) is 0 Å². The van der Waals surface area contributed by atoms with E-state index in [0.29, 0.717) is 12.0 Å². The minimum atomic E-state index is -0.651. The van der Waals surface area contributed by atoms with E-state index in [4.69, 9.17) is 0 Å². The van der Waals surface area contributed by atoms with Crippen molar-refractivity contribution in [2.75, 3.05) is 0 Å². The highest BCUT2D eigenvalue weighted by atomic mass is 79.9. The predicted octanol–water partition coefficient (Wildman–Crippen LogP) is 3.73. The van der Waals surface area contributed by atoms with E-state index in [1.54, 1.807) is 11.3 Å². The van der Waals surface area contributed by atoms with E-state index < -0.39 is 5.97 Å². The molecule has 2 heterocycles. The molecule has 0 bridgehead atoms. The number of hydrogen-bond donors (Lipinski definition) is 1. The van der Waals surface area contributed by atoms with Crippen LogP contribution in [0, 0.1) is 5.92 Å². The molecule has 0 aromatic carbocycles. The number of carboxylic acids is 1. The fourth-order valence-corrected chi connectivity index (χ4v) is 5.11. The Morgan fingerprint density at radius 3 is 2.95 bits per heavy atom. The van der Waals surface area contributed by atoms with Crippen molar-refractivity contribution in [1.82, 2.24) is 4.90 Å². The second-order valence-corrected chi connectivity index (χ2v) is 7.42. The highest BCUT2D eigenvalue weighted by molar-refractivity contribution is 9.10. The number of carbonyl (C=O) groups is 1. The summed E-state index contributed by atoms with van der Waals surface area (Å²) in [4.78, 5) is 15.0. The molecule has 2 fully saturated rings. The van der Waals surface area contributed by atoms with Gasteiger partial charge in [0, 0.05) is 21.9 Å². The maximum Gasteiger partial charge on any atom is 0.320 e. The summed E-state index contributed by atoms with van der Waals surface area (Å²) in [6, 6.07) is 2.23. The Hall–Kier alpha value is -0.390. The van der Waals surface area contributed by atoms with Crippen LogP contribution in [-0.2, 0) is 11.3 Å². The van der Waals surface area contributed by atoms with Gasteiger partial charge in [-0.05, 0) is 52.6 Å². The van der Waals surface area contributed by atoms with Crippen LogP contribution in [0.3, 0.4) is 0 Å². The number of aliphatic carboxylic acids is 1. The van der Waals surface area contributed by atoms with E-state index >= 15 is 0 Å². The summed E-state index contributed by atoms with van der Waals surface area (Å²) in [5.41, 5.74) is 0. The standard InChI is InChI=1S/C14H18BrNO2S/c15-10-5-6-19-13(10)8-16-11-4-2-1-3-9(11)7-12(16)14(17)18/h5-6,9,11-12H,1-4,7-8H2,(H,17,18)/t9-,11-,12-/m0/s1. The first-order valence-corrected chi connectivity index (χ1v) is 8.54. The summed E-state index contributed by atoms with van der Waals surface area (Å²) in [7, 11) is 0. The average Bonchev–Trinajstić information content (AvgIpc) is 2.95. The van der Waals surface area contributed by atoms with Gasteiger partial charge in [-0.15, -0.1) is 11.3 Å². The number of halogens is 1. The van der Waals surface area contributed by atoms with Crippen molar-refractivity contribution >= 4 is 33.2 Å². The van der Waals surface area contributed by atoms with Gasteiger partial charge in [-0.3, -0.25) is 9.69 Å². The maximum absolute atomic E-state index is 11.5. The Morgan fingerprint density at radius 2 is 2.26 bits per heavy atom. The zero-order valence-electron chi connectivity index (χ0n) is 10.7. The number of likely N-dealkylation sites (tertiary alicyclic amines) is 1. The van der Waals surface area contributed by atoms with Gasteiger partial charge in [-0.1, -0.05) is 12.8 Å². The molecule has 0 amide bonds. The van der Waals surface area contributed by atoms with Gasteiger partial charge in [0.2, 0.25) is 0 Å². The van der Waals surface area contributed by atoms with Crippen molar-refractivity contribution in [2.24, 2.45) is 5.92 Å². The molecule has 1 saturated carbocycles. The van der Waals surface area contributed by atoms with Crippen LogP contribution in [0.15, 0.2) is 15.9 Å². The Balaban J connectivity index is 1.82. The molecule has 5 heteroatoms. The van der Waals surface area contributed by atoms with Crippen molar-refractivity contribution < 1.29 is 9.90 Å². The fourth-order valence-electron chi connectivity index (χ4n) is 3.63. The quantitative estimate of drug-likeness (QED) is 0.908. The van der Waals surface area contributed by atoms with Crippen molar-refractivity contribution in [3.8, 4) is 0 Å². The number of thiophene rings is 1. The average molecular weight is 344 g/mol. The summed E-state index contributed by atoms with van der Waals surface area (Å²) >= 11 is 5.26. The first kappa shape index (κ1) is 13.6.